The standard InChI is InChI=1S/C50H35F2N3/c51-38-20-14-34(15-21-38)32-53-47-12-6-4-10-43(47)45-30-41(26-28-49(45)53)55(40-24-18-37(19-25-40)36-8-2-1-3-9-36)42-27-29-50-46(31-42)44-11-5-7-13-48(44)54(50)33-35-16-22-39(52)23-17-35/h1-31H,32-33H2. The van der Waals surface area contributed by atoms with Gasteiger partial charge in [0.2, 0.25) is 0 Å². The molecule has 0 fully saturated rings. The zero-order valence-electron chi connectivity index (χ0n) is 29.9. The third-order valence-electron chi connectivity index (χ3n) is 10.8. The fourth-order valence-corrected chi connectivity index (χ4v) is 8.13. The van der Waals surface area contributed by atoms with Crippen molar-refractivity contribution in [2.24, 2.45) is 0 Å². The third kappa shape index (κ3) is 5.91. The summed E-state index contributed by atoms with van der Waals surface area (Å²) in [6.07, 6.45) is 0. The highest BCUT2D eigenvalue weighted by Crippen LogP contribution is 2.42. The molecule has 55 heavy (non-hydrogen) atoms. The largest absolute Gasteiger partial charge is 0.336 e. The van der Waals surface area contributed by atoms with Crippen LogP contribution in [0.2, 0.25) is 0 Å². The smallest absolute Gasteiger partial charge is 0.123 e. The lowest BCUT2D eigenvalue weighted by atomic mass is 10.0. The summed E-state index contributed by atoms with van der Waals surface area (Å²) in [4.78, 5) is 2.34. The van der Waals surface area contributed by atoms with Crippen LogP contribution in [-0.2, 0) is 13.1 Å². The molecule has 0 radical (unpaired) electrons. The summed E-state index contributed by atoms with van der Waals surface area (Å²) in [5, 5.41) is 4.64. The van der Waals surface area contributed by atoms with Crippen molar-refractivity contribution in [3.05, 3.63) is 211 Å². The number of fused-ring (bicyclic) bond motifs is 6. The highest BCUT2D eigenvalue weighted by Gasteiger charge is 2.19. The molecule has 0 spiro atoms. The van der Waals surface area contributed by atoms with Gasteiger partial charge in [-0.1, -0.05) is 103 Å². The van der Waals surface area contributed by atoms with Gasteiger partial charge in [0, 0.05) is 73.8 Å². The van der Waals surface area contributed by atoms with Crippen LogP contribution in [0.25, 0.3) is 54.7 Å². The molecular formula is C50H35F2N3. The molecule has 10 aromatic rings. The Bertz CT molecular complexity index is 2810. The number of halogens is 2. The molecule has 264 valence electrons. The number of benzene rings is 8. The van der Waals surface area contributed by atoms with Gasteiger partial charge in [-0.05, 0) is 107 Å². The molecule has 8 aromatic carbocycles. The lowest BCUT2D eigenvalue weighted by Crippen LogP contribution is -2.10. The van der Waals surface area contributed by atoms with E-state index in [1.165, 1.54) is 40.6 Å². The van der Waals surface area contributed by atoms with Crippen LogP contribution in [0.15, 0.2) is 188 Å². The first-order valence-corrected chi connectivity index (χ1v) is 18.5. The highest BCUT2D eigenvalue weighted by atomic mass is 19.1. The molecule has 0 amide bonds. The molecular weight excluding hydrogens is 681 g/mol. The molecule has 0 N–H and O–H groups in total. The Kier molecular flexibility index (Phi) is 7.99. The van der Waals surface area contributed by atoms with Crippen molar-refractivity contribution < 1.29 is 8.78 Å². The van der Waals surface area contributed by atoms with Crippen molar-refractivity contribution in [2.45, 2.75) is 13.1 Å². The maximum atomic E-state index is 13.8. The Labute approximate surface area is 317 Å². The fraction of sp³-hybridized carbons (Fsp3) is 0.0400. The van der Waals surface area contributed by atoms with Gasteiger partial charge in [0.15, 0.2) is 0 Å². The van der Waals surface area contributed by atoms with E-state index in [1.54, 1.807) is 0 Å². The predicted octanol–water partition coefficient (Wildman–Crippen LogP) is 13.4. The molecule has 0 atom stereocenters. The fourth-order valence-electron chi connectivity index (χ4n) is 8.13. The van der Waals surface area contributed by atoms with Crippen LogP contribution in [0.1, 0.15) is 11.1 Å². The summed E-state index contributed by atoms with van der Waals surface area (Å²) >= 11 is 0. The second-order valence-electron chi connectivity index (χ2n) is 14.1. The predicted molar refractivity (Wildman–Crippen MR) is 224 cm³/mol. The molecule has 0 bridgehead atoms. The van der Waals surface area contributed by atoms with Crippen LogP contribution in [0.3, 0.4) is 0 Å². The quantitative estimate of drug-likeness (QED) is 0.153. The first kappa shape index (κ1) is 32.7. The Morgan fingerprint density at radius 2 is 0.745 bits per heavy atom. The van der Waals surface area contributed by atoms with E-state index >= 15 is 0 Å². The summed E-state index contributed by atoms with van der Waals surface area (Å²) in [7, 11) is 0. The Balaban J connectivity index is 1.14. The summed E-state index contributed by atoms with van der Waals surface area (Å²) < 4.78 is 32.3. The zero-order chi connectivity index (χ0) is 36.9. The first-order chi connectivity index (χ1) is 27.1. The maximum Gasteiger partial charge on any atom is 0.123 e. The molecule has 2 aromatic heterocycles. The van der Waals surface area contributed by atoms with Crippen LogP contribution < -0.4 is 4.90 Å². The zero-order valence-corrected chi connectivity index (χ0v) is 29.9. The van der Waals surface area contributed by atoms with Crippen LogP contribution in [0.5, 0.6) is 0 Å². The van der Waals surface area contributed by atoms with Crippen LogP contribution in [-0.4, -0.2) is 9.13 Å². The van der Waals surface area contributed by atoms with Gasteiger partial charge in [-0.25, -0.2) is 8.78 Å². The number of hydrogen-bond donors (Lipinski definition) is 0. The Morgan fingerprint density at radius 3 is 1.24 bits per heavy atom. The van der Waals surface area contributed by atoms with Gasteiger partial charge in [-0.3, -0.25) is 0 Å². The van der Waals surface area contributed by atoms with Crippen molar-refractivity contribution in [1.82, 2.24) is 9.13 Å². The SMILES string of the molecule is Fc1ccc(Cn2c3ccccc3c3cc(N(c4ccc(-c5ccccc5)cc4)c4ccc5c(c4)c4ccccc4n5Cc4ccc(F)cc4)ccc32)cc1. The summed E-state index contributed by atoms with van der Waals surface area (Å²) in [6.45, 7) is 1.26. The normalized spacial score (nSPS) is 11.6. The molecule has 0 aliphatic heterocycles. The van der Waals surface area contributed by atoms with E-state index in [1.807, 2.05) is 30.3 Å². The van der Waals surface area contributed by atoms with E-state index in [0.717, 1.165) is 66.6 Å². The van der Waals surface area contributed by atoms with Crippen molar-refractivity contribution in [1.29, 1.82) is 0 Å². The van der Waals surface area contributed by atoms with Gasteiger partial charge in [0.25, 0.3) is 0 Å². The minimum Gasteiger partial charge on any atom is -0.336 e. The topological polar surface area (TPSA) is 13.1 Å². The van der Waals surface area contributed by atoms with Gasteiger partial charge in [-0.15, -0.1) is 0 Å². The average molecular weight is 716 g/mol. The number of hydrogen-bond acceptors (Lipinski definition) is 1. The summed E-state index contributed by atoms with van der Waals surface area (Å²) in [5.74, 6) is -0.466. The number of rotatable bonds is 8. The second-order valence-corrected chi connectivity index (χ2v) is 14.1. The Hall–Kier alpha value is -6.98. The van der Waals surface area contributed by atoms with Gasteiger partial charge in [0.05, 0.1) is 0 Å². The van der Waals surface area contributed by atoms with Gasteiger partial charge in [-0.2, -0.15) is 0 Å². The van der Waals surface area contributed by atoms with Crippen molar-refractivity contribution >= 4 is 60.7 Å². The molecule has 0 saturated heterocycles. The van der Waals surface area contributed by atoms with Crippen LogP contribution >= 0.6 is 0 Å². The number of anilines is 3. The van der Waals surface area contributed by atoms with Gasteiger partial charge >= 0.3 is 0 Å². The van der Waals surface area contributed by atoms with Crippen LogP contribution in [0.4, 0.5) is 25.8 Å². The highest BCUT2D eigenvalue weighted by molar-refractivity contribution is 6.11. The Morgan fingerprint density at radius 1 is 0.345 bits per heavy atom. The molecule has 0 aliphatic carbocycles. The molecule has 3 nitrogen and oxygen atoms in total. The molecule has 0 saturated carbocycles. The molecule has 5 heteroatoms. The van der Waals surface area contributed by atoms with Crippen molar-refractivity contribution in [2.75, 3.05) is 4.90 Å². The minimum absolute atomic E-state index is 0.233. The monoisotopic (exact) mass is 715 g/mol. The molecule has 2 heterocycles. The van der Waals surface area contributed by atoms with E-state index in [9.17, 15) is 8.78 Å². The lowest BCUT2D eigenvalue weighted by molar-refractivity contribution is 0.626. The first-order valence-electron chi connectivity index (χ1n) is 18.5. The second kappa shape index (κ2) is 13.5. The van der Waals surface area contributed by atoms with Crippen LogP contribution in [0, 0.1) is 11.6 Å². The molecule has 10 rings (SSSR count). The number of aromatic nitrogens is 2. The molecule has 0 aliphatic rings. The average Bonchev–Trinajstić information content (AvgIpc) is 3.71. The van der Waals surface area contributed by atoms with Gasteiger partial charge in [0.1, 0.15) is 11.6 Å². The van der Waals surface area contributed by atoms with Crippen molar-refractivity contribution in [3.8, 4) is 11.1 Å². The summed E-state index contributed by atoms with van der Waals surface area (Å²) in [5.41, 5.74) is 12.0. The van der Waals surface area contributed by atoms with E-state index < -0.39 is 0 Å². The third-order valence-corrected chi connectivity index (χ3v) is 10.8. The minimum atomic E-state index is -0.233. The summed E-state index contributed by atoms with van der Waals surface area (Å²) in [6, 6.07) is 63.2. The van der Waals surface area contributed by atoms with E-state index in [0.29, 0.717) is 13.1 Å². The van der Waals surface area contributed by atoms with E-state index in [2.05, 4.69) is 147 Å². The van der Waals surface area contributed by atoms with Crippen molar-refractivity contribution in [3.63, 3.8) is 0 Å². The maximum absolute atomic E-state index is 13.8. The van der Waals surface area contributed by atoms with E-state index in [-0.39, 0.29) is 11.6 Å². The number of nitrogens with zero attached hydrogens (tertiary/aromatic N) is 3. The lowest BCUT2D eigenvalue weighted by Gasteiger charge is -2.26. The number of para-hydroxylation sites is 2. The van der Waals surface area contributed by atoms with Gasteiger partial charge < -0.3 is 14.0 Å². The van der Waals surface area contributed by atoms with E-state index in [4.69, 9.17) is 0 Å². The molecule has 0 unspecified atom stereocenters.